The lowest BCUT2D eigenvalue weighted by Gasteiger charge is -2.16. The number of hydrogen-bond acceptors (Lipinski definition) is 6. The van der Waals surface area contributed by atoms with E-state index in [1.807, 2.05) is 0 Å². The van der Waals surface area contributed by atoms with Crippen molar-refractivity contribution in [1.82, 2.24) is 4.98 Å². The Balaban J connectivity index is 2.09. The third kappa shape index (κ3) is 3.06. The maximum Gasteiger partial charge on any atom is 0.315 e. The number of carboxylic acids is 1. The van der Waals surface area contributed by atoms with Crippen LogP contribution in [0.15, 0.2) is 5.38 Å². The van der Waals surface area contributed by atoms with Crippen LogP contribution in [0.4, 0.5) is 5.13 Å². The molecule has 6 nitrogen and oxygen atoms in total. The molecule has 1 aliphatic heterocycles. The molecule has 0 spiro atoms. The summed E-state index contributed by atoms with van der Waals surface area (Å²) in [6.45, 7) is 3.18. The van der Waals surface area contributed by atoms with Crippen LogP contribution in [0.1, 0.15) is 26.0 Å². The lowest BCUT2D eigenvalue weighted by molar-refractivity contribution is -0.142. The van der Waals surface area contributed by atoms with Gasteiger partial charge in [0.1, 0.15) is 5.41 Å². The summed E-state index contributed by atoms with van der Waals surface area (Å²) in [6, 6.07) is -0.128. The molecule has 1 unspecified atom stereocenters. The van der Waals surface area contributed by atoms with Crippen LogP contribution in [0.25, 0.3) is 0 Å². The average molecular weight is 304 g/mol. The molecule has 0 bridgehead atoms. The number of sulfone groups is 1. The topological polar surface area (TPSA) is 96.4 Å². The van der Waals surface area contributed by atoms with Crippen LogP contribution in [0, 0.1) is 0 Å². The fraction of sp³-hybridized carbons (Fsp3) is 0.636. The predicted octanol–water partition coefficient (Wildman–Crippen LogP) is 1.10. The summed E-state index contributed by atoms with van der Waals surface area (Å²) in [5.74, 6) is -0.624. The van der Waals surface area contributed by atoms with Gasteiger partial charge in [0, 0.05) is 11.4 Å². The molecule has 1 saturated heterocycles. The zero-order valence-corrected chi connectivity index (χ0v) is 12.3. The lowest BCUT2D eigenvalue weighted by atomic mass is 9.90. The average Bonchev–Trinajstić information content (AvgIpc) is 2.86. The monoisotopic (exact) mass is 304 g/mol. The smallest absolute Gasteiger partial charge is 0.315 e. The van der Waals surface area contributed by atoms with Crippen molar-refractivity contribution in [3.05, 3.63) is 11.1 Å². The van der Waals surface area contributed by atoms with Crippen molar-refractivity contribution in [2.45, 2.75) is 31.7 Å². The highest BCUT2D eigenvalue weighted by atomic mass is 32.2. The number of anilines is 1. The van der Waals surface area contributed by atoms with Gasteiger partial charge < -0.3 is 10.4 Å². The van der Waals surface area contributed by atoms with E-state index in [1.54, 1.807) is 19.2 Å². The van der Waals surface area contributed by atoms with Gasteiger partial charge in [0.2, 0.25) is 0 Å². The number of hydrogen-bond donors (Lipinski definition) is 2. The molecule has 1 aliphatic rings. The van der Waals surface area contributed by atoms with Gasteiger partial charge in [-0.05, 0) is 20.3 Å². The number of rotatable bonds is 4. The summed E-state index contributed by atoms with van der Waals surface area (Å²) < 4.78 is 22.7. The van der Waals surface area contributed by atoms with Crippen molar-refractivity contribution in [1.29, 1.82) is 0 Å². The summed E-state index contributed by atoms with van der Waals surface area (Å²) in [5.41, 5.74) is -0.564. The van der Waals surface area contributed by atoms with Crippen LogP contribution in [-0.4, -0.2) is 42.0 Å². The zero-order chi connectivity index (χ0) is 14.3. The van der Waals surface area contributed by atoms with Gasteiger partial charge in [-0.2, -0.15) is 0 Å². The van der Waals surface area contributed by atoms with Crippen LogP contribution < -0.4 is 5.32 Å². The van der Waals surface area contributed by atoms with Crippen LogP contribution in [0.3, 0.4) is 0 Å². The molecule has 2 rings (SSSR count). The Bertz CT molecular complexity index is 592. The van der Waals surface area contributed by atoms with E-state index in [4.69, 9.17) is 5.11 Å². The number of carbonyl (C=O) groups is 1. The lowest BCUT2D eigenvalue weighted by Crippen LogP contribution is -2.29. The van der Waals surface area contributed by atoms with E-state index < -0.39 is 21.2 Å². The van der Waals surface area contributed by atoms with Gasteiger partial charge in [-0.15, -0.1) is 11.3 Å². The fourth-order valence-corrected chi connectivity index (χ4v) is 4.45. The third-order valence-corrected chi connectivity index (χ3v) is 5.78. The molecular formula is C11H16N2O4S2. The number of nitrogens with zero attached hydrogens (tertiary/aromatic N) is 1. The van der Waals surface area contributed by atoms with Crippen molar-refractivity contribution in [2.24, 2.45) is 0 Å². The van der Waals surface area contributed by atoms with Crippen molar-refractivity contribution < 1.29 is 18.3 Å². The molecule has 0 amide bonds. The van der Waals surface area contributed by atoms with Crippen molar-refractivity contribution in [3.63, 3.8) is 0 Å². The summed E-state index contributed by atoms with van der Waals surface area (Å²) in [7, 11) is -2.93. The van der Waals surface area contributed by atoms with E-state index in [0.717, 1.165) is 0 Å². The van der Waals surface area contributed by atoms with Gasteiger partial charge in [0.15, 0.2) is 15.0 Å². The number of thiazole rings is 1. The first kappa shape index (κ1) is 14.3. The fourth-order valence-electron chi connectivity index (χ4n) is 1.82. The van der Waals surface area contributed by atoms with E-state index >= 15 is 0 Å². The highest BCUT2D eigenvalue weighted by Gasteiger charge is 2.33. The molecule has 0 saturated carbocycles. The molecule has 2 heterocycles. The Kier molecular flexibility index (Phi) is 3.57. The number of carboxylic acid groups (broad SMARTS) is 1. The maximum absolute atomic E-state index is 11.4. The zero-order valence-electron chi connectivity index (χ0n) is 10.7. The molecule has 0 aliphatic carbocycles. The highest BCUT2D eigenvalue weighted by Crippen LogP contribution is 2.28. The minimum Gasteiger partial charge on any atom is -0.481 e. The second kappa shape index (κ2) is 4.75. The van der Waals surface area contributed by atoms with Crippen molar-refractivity contribution in [3.8, 4) is 0 Å². The van der Waals surface area contributed by atoms with Crippen LogP contribution >= 0.6 is 11.3 Å². The van der Waals surface area contributed by atoms with Gasteiger partial charge in [-0.1, -0.05) is 0 Å². The Morgan fingerprint density at radius 3 is 2.79 bits per heavy atom. The first-order valence-electron chi connectivity index (χ1n) is 5.87. The normalized spacial score (nSPS) is 22.3. The number of aromatic nitrogens is 1. The first-order valence-corrected chi connectivity index (χ1v) is 8.57. The quantitative estimate of drug-likeness (QED) is 0.865. The molecule has 8 heteroatoms. The molecule has 106 valence electrons. The van der Waals surface area contributed by atoms with Gasteiger partial charge in [-0.25, -0.2) is 13.4 Å². The second-order valence-corrected chi connectivity index (χ2v) is 8.30. The standard InChI is InChI=1S/C11H16N2O4S2/c1-11(2,9(14)15)8-5-18-10(13-8)12-7-3-4-19(16,17)6-7/h5,7H,3-4,6H2,1-2H3,(H,12,13)(H,14,15). The summed E-state index contributed by atoms with van der Waals surface area (Å²) in [4.78, 5) is 15.4. The van der Waals surface area contributed by atoms with Gasteiger partial charge in [-0.3, -0.25) is 4.79 Å². The molecule has 2 N–H and O–H groups in total. The SMILES string of the molecule is CC(C)(C(=O)O)c1csc(NC2CCS(=O)(=O)C2)n1. The third-order valence-electron chi connectivity index (χ3n) is 3.24. The maximum atomic E-state index is 11.4. The summed E-state index contributed by atoms with van der Waals surface area (Å²) >= 11 is 1.30. The molecule has 0 radical (unpaired) electrons. The minimum absolute atomic E-state index is 0.115. The van der Waals surface area contributed by atoms with Gasteiger partial charge >= 0.3 is 5.97 Å². The molecular weight excluding hydrogens is 288 g/mol. The van der Waals surface area contributed by atoms with Crippen molar-refractivity contribution >= 4 is 32.3 Å². The number of nitrogens with one attached hydrogen (secondary N) is 1. The molecule has 1 aromatic rings. The predicted molar refractivity (Wildman–Crippen MR) is 73.5 cm³/mol. The van der Waals surface area contributed by atoms with E-state index in [2.05, 4.69) is 10.3 Å². The summed E-state index contributed by atoms with van der Waals surface area (Å²) in [5, 5.41) is 14.5. The van der Waals surface area contributed by atoms with Gasteiger partial charge in [0.05, 0.1) is 17.2 Å². The second-order valence-electron chi connectivity index (χ2n) is 5.21. The molecule has 1 aromatic heterocycles. The van der Waals surface area contributed by atoms with Crippen molar-refractivity contribution in [2.75, 3.05) is 16.8 Å². The Hall–Kier alpha value is -1.15. The largest absolute Gasteiger partial charge is 0.481 e. The van der Waals surface area contributed by atoms with Crippen LogP contribution in [0.2, 0.25) is 0 Å². The molecule has 1 fully saturated rings. The Morgan fingerprint density at radius 2 is 2.26 bits per heavy atom. The van der Waals surface area contributed by atoms with Crippen LogP contribution in [0.5, 0.6) is 0 Å². The summed E-state index contributed by atoms with van der Waals surface area (Å²) in [6.07, 6.45) is 0.569. The minimum atomic E-state index is -2.93. The molecule has 19 heavy (non-hydrogen) atoms. The number of aliphatic carboxylic acids is 1. The molecule has 1 atom stereocenters. The van der Waals surface area contributed by atoms with E-state index in [0.29, 0.717) is 17.2 Å². The van der Waals surface area contributed by atoms with Gasteiger partial charge in [0.25, 0.3) is 0 Å². The Morgan fingerprint density at radius 1 is 1.58 bits per heavy atom. The molecule has 0 aromatic carbocycles. The van der Waals surface area contributed by atoms with E-state index in [9.17, 15) is 13.2 Å². The van der Waals surface area contributed by atoms with Crippen LogP contribution in [-0.2, 0) is 20.0 Å². The first-order chi connectivity index (χ1) is 8.71. The Labute approximate surface area is 115 Å². The van der Waals surface area contributed by atoms with E-state index in [1.165, 1.54) is 11.3 Å². The highest BCUT2D eigenvalue weighted by molar-refractivity contribution is 7.91. The van der Waals surface area contributed by atoms with E-state index in [-0.39, 0.29) is 17.5 Å².